The molecule has 82 valence electrons. The highest BCUT2D eigenvalue weighted by atomic mass is 16.3. The lowest BCUT2D eigenvalue weighted by molar-refractivity contribution is 0.185. The number of hydrogen-bond donors (Lipinski definition) is 2. The summed E-state index contributed by atoms with van der Waals surface area (Å²) in [6.45, 7) is 3.94. The zero-order valence-corrected chi connectivity index (χ0v) is 9.29. The van der Waals surface area contributed by atoms with Gasteiger partial charge in [0.05, 0.1) is 6.10 Å². The van der Waals surface area contributed by atoms with Crippen molar-refractivity contribution in [3.8, 4) is 0 Å². The van der Waals surface area contributed by atoms with E-state index < -0.39 is 0 Å². The summed E-state index contributed by atoms with van der Waals surface area (Å²) < 4.78 is 0. The third kappa shape index (κ3) is 2.58. The summed E-state index contributed by atoms with van der Waals surface area (Å²) in [7, 11) is 0. The molecule has 1 aromatic carbocycles. The van der Waals surface area contributed by atoms with Gasteiger partial charge in [0.15, 0.2) is 0 Å². The fraction of sp³-hybridized carbons (Fsp3) is 0.538. The number of fused-ring (bicyclic) bond motifs is 1. The SMILES string of the molecule is CC(O)CCc1cccc2c1CNCC2. The Balaban J connectivity index is 2.16. The number of hydrogen-bond acceptors (Lipinski definition) is 2. The molecule has 0 saturated heterocycles. The predicted molar refractivity (Wildman–Crippen MR) is 61.9 cm³/mol. The van der Waals surface area contributed by atoms with E-state index in [2.05, 4.69) is 23.5 Å². The number of benzene rings is 1. The Morgan fingerprint density at radius 3 is 3.13 bits per heavy atom. The van der Waals surface area contributed by atoms with E-state index in [-0.39, 0.29) is 6.10 Å². The van der Waals surface area contributed by atoms with Gasteiger partial charge in [-0.1, -0.05) is 18.2 Å². The molecule has 0 bridgehead atoms. The van der Waals surface area contributed by atoms with Gasteiger partial charge in [0.1, 0.15) is 0 Å². The lowest BCUT2D eigenvalue weighted by Crippen LogP contribution is -2.24. The van der Waals surface area contributed by atoms with Crippen LogP contribution in [0.5, 0.6) is 0 Å². The van der Waals surface area contributed by atoms with E-state index in [1.165, 1.54) is 16.7 Å². The molecule has 0 aliphatic carbocycles. The van der Waals surface area contributed by atoms with E-state index in [0.717, 1.165) is 32.4 Å². The van der Waals surface area contributed by atoms with Crippen molar-refractivity contribution in [1.29, 1.82) is 0 Å². The molecule has 1 heterocycles. The van der Waals surface area contributed by atoms with Crippen LogP contribution in [-0.2, 0) is 19.4 Å². The molecule has 1 aromatic rings. The van der Waals surface area contributed by atoms with Gasteiger partial charge in [0, 0.05) is 6.54 Å². The second kappa shape index (κ2) is 4.77. The first-order valence-corrected chi connectivity index (χ1v) is 5.76. The molecule has 1 unspecified atom stereocenters. The van der Waals surface area contributed by atoms with Crippen molar-refractivity contribution in [2.75, 3.05) is 6.54 Å². The van der Waals surface area contributed by atoms with Crippen molar-refractivity contribution < 1.29 is 5.11 Å². The smallest absolute Gasteiger partial charge is 0.0515 e. The van der Waals surface area contributed by atoms with Gasteiger partial charge in [-0.05, 0) is 49.4 Å². The maximum absolute atomic E-state index is 9.30. The highest BCUT2D eigenvalue weighted by Gasteiger charge is 2.12. The Labute approximate surface area is 91.3 Å². The van der Waals surface area contributed by atoms with E-state index in [4.69, 9.17) is 0 Å². The lowest BCUT2D eigenvalue weighted by atomic mass is 9.93. The highest BCUT2D eigenvalue weighted by Crippen LogP contribution is 2.20. The molecule has 0 amide bonds. The maximum atomic E-state index is 9.30. The highest BCUT2D eigenvalue weighted by molar-refractivity contribution is 5.37. The van der Waals surface area contributed by atoms with Crippen molar-refractivity contribution in [2.24, 2.45) is 0 Å². The number of aliphatic hydroxyl groups excluding tert-OH is 1. The minimum atomic E-state index is -0.197. The van der Waals surface area contributed by atoms with E-state index in [0.29, 0.717) is 0 Å². The zero-order chi connectivity index (χ0) is 10.7. The molecule has 0 aromatic heterocycles. The molecular formula is C13H19NO. The summed E-state index contributed by atoms with van der Waals surface area (Å²) in [5.74, 6) is 0. The average Bonchev–Trinajstić information content (AvgIpc) is 2.26. The van der Waals surface area contributed by atoms with Crippen molar-refractivity contribution in [2.45, 2.75) is 38.8 Å². The molecule has 0 spiro atoms. The van der Waals surface area contributed by atoms with Gasteiger partial charge in [0.25, 0.3) is 0 Å². The van der Waals surface area contributed by atoms with Crippen LogP contribution in [-0.4, -0.2) is 17.8 Å². The first kappa shape index (κ1) is 10.7. The summed E-state index contributed by atoms with van der Waals surface area (Å²) in [6, 6.07) is 6.55. The molecule has 15 heavy (non-hydrogen) atoms. The van der Waals surface area contributed by atoms with Crippen LogP contribution in [0.4, 0.5) is 0 Å². The number of aryl methyl sites for hydroxylation is 1. The van der Waals surface area contributed by atoms with Crippen molar-refractivity contribution >= 4 is 0 Å². The van der Waals surface area contributed by atoms with Gasteiger partial charge in [-0.2, -0.15) is 0 Å². The van der Waals surface area contributed by atoms with E-state index in [1.54, 1.807) is 0 Å². The van der Waals surface area contributed by atoms with Gasteiger partial charge >= 0.3 is 0 Å². The zero-order valence-electron chi connectivity index (χ0n) is 9.29. The first-order chi connectivity index (χ1) is 7.27. The molecule has 1 aliphatic heterocycles. The van der Waals surface area contributed by atoms with Gasteiger partial charge in [-0.15, -0.1) is 0 Å². The molecule has 2 N–H and O–H groups in total. The Morgan fingerprint density at radius 1 is 1.47 bits per heavy atom. The standard InChI is InChI=1S/C13H19NO/c1-10(15)5-6-11-3-2-4-12-7-8-14-9-13(11)12/h2-4,10,14-15H,5-9H2,1H3. The van der Waals surface area contributed by atoms with Gasteiger partial charge < -0.3 is 10.4 Å². The maximum Gasteiger partial charge on any atom is 0.0515 e. The Bertz CT molecular complexity index is 333. The van der Waals surface area contributed by atoms with Crippen LogP contribution in [0, 0.1) is 0 Å². The van der Waals surface area contributed by atoms with Crippen LogP contribution >= 0.6 is 0 Å². The van der Waals surface area contributed by atoms with Gasteiger partial charge in [-0.25, -0.2) is 0 Å². The van der Waals surface area contributed by atoms with Crippen LogP contribution < -0.4 is 5.32 Å². The van der Waals surface area contributed by atoms with Gasteiger partial charge in [-0.3, -0.25) is 0 Å². The molecule has 2 nitrogen and oxygen atoms in total. The summed E-state index contributed by atoms with van der Waals surface area (Å²) in [6.07, 6.45) is 2.79. The average molecular weight is 205 g/mol. The van der Waals surface area contributed by atoms with E-state index >= 15 is 0 Å². The van der Waals surface area contributed by atoms with Crippen LogP contribution in [0.25, 0.3) is 0 Å². The Hall–Kier alpha value is -0.860. The number of nitrogens with one attached hydrogen (secondary N) is 1. The summed E-state index contributed by atoms with van der Waals surface area (Å²) in [5.41, 5.74) is 4.35. The minimum Gasteiger partial charge on any atom is -0.393 e. The molecule has 2 heteroatoms. The van der Waals surface area contributed by atoms with Crippen LogP contribution in [0.3, 0.4) is 0 Å². The number of aliphatic hydroxyl groups is 1. The molecule has 0 fully saturated rings. The Kier molecular flexibility index (Phi) is 3.39. The molecule has 1 aliphatic rings. The van der Waals surface area contributed by atoms with Crippen molar-refractivity contribution in [3.63, 3.8) is 0 Å². The molecule has 2 rings (SSSR count). The first-order valence-electron chi connectivity index (χ1n) is 5.76. The number of rotatable bonds is 3. The minimum absolute atomic E-state index is 0.197. The Morgan fingerprint density at radius 2 is 2.33 bits per heavy atom. The summed E-state index contributed by atoms with van der Waals surface area (Å²) >= 11 is 0. The largest absolute Gasteiger partial charge is 0.393 e. The monoisotopic (exact) mass is 205 g/mol. The van der Waals surface area contributed by atoms with Crippen molar-refractivity contribution in [1.82, 2.24) is 5.32 Å². The van der Waals surface area contributed by atoms with Crippen molar-refractivity contribution in [3.05, 3.63) is 34.9 Å². The van der Waals surface area contributed by atoms with E-state index in [9.17, 15) is 5.11 Å². The molecule has 0 radical (unpaired) electrons. The van der Waals surface area contributed by atoms with Crippen LogP contribution in [0.2, 0.25) is 0 Å². The third-order valence-electron chi connectivity index (χ3n) is 3.07. The summed E-state index contributed by atoms with van der Waals surface area (Å²) in [5, 5.41) is 12.7. The fourth-order valence-electron chi connectivity index (χ4n) is 2.18. The summed E-state index contributed by atoms with van der Waals surface area (Å²) in [4.78, 5) is 0. The van der Waals surface area contributed by atoms with E-state index in [1.807, 2.05) is 6.92 Å². The fourth-order valence-corrected chi connectivity index (χ4v) is 2.18. The predicted octanol–water partition coefficient (Wildman–Crippen LogP) is 1.65. The second-order valence-electron chi connectivity index (χ2n) is 4.37. The van der Waals surface area contributed by atoms with Crippen LogP contribution in [0.1, 0.15) is 30.0 Å². The normalized spacial score (nSPS) is 17.2. The quantitative estimate of drug-likeness (QED) is 0.786. The molecule has 1 atom stereocenters. The van der Waals surface area contributed by atoms with Gasteiger partial charge in [0.2, 0.25) is 0 Å². The molecular weight excluding hydrogens is 186 g/mol. The molecule has 0 saturated carbocycles. The second-order valence-corrected chi connectivity index (χ2v) is 4.37. The topological polar surface area (TPSA) is 32.3 Å². The third-order valence-corrected chi connectivity index (χ3v) is 3.07. The lowest BCUT2D eigenvalue weighted by Gasteiger charge is -2.20. The van der Waals surface area contributed by atoms with Crippen LogP contribution in [0.15, 0.2) is 18.2 Å².